The first-order valence-electron chi connectivity index (χ1n) is 7.41. The van der Waals surface area contributed by atoms with Crippen LogP contribution < -0.4 is 10.1 Å². The molecule has 0 amide bonds. The number of halogens is 1. The summed E-state index contributed by atoms with van der Waals surface area (Å²) in [6, 6.07) is 15.9. The summed E-state index contributed by atoms with van der Waals surface area (Å²) in [5.74, 6) is 0. The van der Waals surface area contributed by atoms with E-state index in [4.69, 9.17) is 23.8 Å². The van der Waals surface area contributed by atoms with Gasteiger partial charge in [-0.25, -0.2) is 0 Å². The van der Waals surface area contributed by atoms with Crippen molar-refractivity contribution in [2.45, 2.75) is 13.5 Å². The summed E-state index contributed by atoms with van der Waals surface area (Å²) < 4.78 is 2.04. The van der Waals surface area contributed by atoms with E-state index >= 15 is 0 Å². The van der Waals surface area contributed by atoms with Gasteiger partial charge in [0.2, 0.25) is 0 Å². The average Bonchev–Trinajstić information content (AvgIpc) is 2.99. The minimum absolute atomic E-state index is 0.439. The Morgan fingerprint density at radius 2 is 1.96 bits per heavy atom. The van der Waals surface area contributed by atoms with Crippen LogP contribution in [-0.2, 0) is 6.54 Å². The van der Waals surface area contributed by atoms with Crippen LogP contribution in [0.4, 0.5) is 5.69 Å². The molecule has 3 aromatic rings. The van der Waals surface area contributed by atoms with Gasteiger partial charge < -0.3 is 9.88 Å². The highest BCUT2D eigenvalue weighted by molar-refractivity contribution is 7.80. The van der Waals surface area contributed by atoms with Crippen LogP contribution in [-0.4, -0.2) is 9.68 Å². The molecule has 24 heavy (non-hydrogen) atoms. The van der Waals surface area contributed by atoms with Gasteiger partial charge in [-0.3, -0.25) is 0 Å². The Balaban J connectivity index is 1.78. The first-order valence-corrected chi connectivity index (χ1v) is 9.08. The Labute approximate surface area is 155 Å². The van der Waals surface area contributed by atoms with Crippen LogP contribution in [0.1, 0.15) is 11.1 Å². The number of hydrogen-bond donors (Lipinski definition) is 1. The average molecular weight is 374 g/mol. The van der Waals surface area contributed by atoms with E-state index in [9.17, 15) is 0 Å². The van der Waals surface area contributed by atoms with Gasteiger partial charge in [0.15, 0.2) is 9.91 Å². The predicted octanol–water partition coefficient (Wildman–Crippen LogP) is 4.86. The summed E-state index contributed by atoms with van der Waals surface area (Å²) >= 11 is 13.1. The maximum absolute atomic E-state index is 6.24. The summed E-state index contributed by atoms with van der Waals surface area (Å²) in [4.78, 5) is 5.35. The smallest absolute Gasteiger partial charge is 0.199 e. The van der Waals surface area contributed by atoms with Crippen LogP contribution in [0.25, 0.3) is 0 Å². The van der Waals surface area contributed by atoms with E-state index in [1.165, 1.54) is 5.56 Å². The molecule has 0 saturated heterocycles. The van der Waals surface area contributed by atoms with Gasteiger partial charge in [-0.1, -0.05) is 47.5 Å². The molecule has 6 heteroatoms. The molecule has 0 atom stereocenters. The molecule has 0 aliphatic carbocycles. The highest BCUT2D eigenvalue weighted by atomic mass is 35.5. The third-order valence-electron chi connectivity index (χ3n) is 3.46. The summed E-state index contributed by atoms with van der Waals surface area (Å²) in [6.45, 7) is 2.71. The summed E-state index contributed by atoms with van der Waals surface area (Å²) in [6.07, 6.45) is 1.99. The predicted molar refractivity (Wildman–Crippen MR) is 106 cm³/mol. The van der Waals surface area contributed by atoms with Gasteiger partial charge in [0.25, 0.3) is 0 Å². The molecule has 0 saturated carbocycles. The first kappa shape index (κ1) is 16.9. The maximum atomic E-state index is 6.24. The van der Waals surface area contributed by atoms with Crippen LogP contribution in [0, 0.1) is 6.92 Å². The van der Waals surface area contributed by atoms with Crippen LogP contribution >= 0.6 is 35.2 Å². The lowest BCUT2D eigenvalue weighted by Crippen LogP contribution is -2.19. The van der Waals surface area contributed by atoms with Crippen molar-refractivity contribution in [3.8, 4) is 0 Å². The van der Waals surface area contributed by atoms with Crippen LogP contribution in [0.5, 0.6) is 0 Å². The number of nitrogens with one attached hydrogen (secondary N) is 1. The van der Waals surface area contributed by atoms with Crippen LogP contribution in [0.15, 0.2) is 65.1 Å². The molecule has 1 aromatic heterocycles. The molecule has 3 rings (SSSR count). The fraction of sp³-hybridized carbons (Fsp3) is 0.111. The van der Waals surface area contributed by atoms with E-state index < -0.39 is 0 Å². The van der Waals surface area contributed by atoms with E-state index in [1.54, 1.807) is 11.3 Å². The summed E-state index contributed by atoms with van der Waals surface area (Å²) in [5, 5.41) is 6.32. The summed E-state index contributed by atoms with van der Waals surface area (Å²) in [7, 11) is 0. The van der Waals surface area contributed by atoms with Crippen molar-refractivity contribution in [2.24, 2.45) is 4.99 Å². The number of thiocarbonyl (C=S) groups is 1. The molecule has 0 spiro atoms. The Bertz CT molecular complexity index is 910. The molecular weight excluding hydrogens is 358 g/mol. The lowest BCUT2D eigenvalue weighted by molar-refractivity contribution is 0.772. The highest BCUT2D eigenvalue weighted by Gasteiger charge is 2.03. The molecule has 0 fully saturated rings. The zero-order valence-corrected chi connectivity index (χ0v) is 15.5. The molecule has 0 radical (unpaired) electrons. The van der Waals surface area contributed by atoms with Crippen molar-refractivity contribution in [1.82, 2.24) is 4.57 Å². The van der Waals surface area contributed by atoms with Gasteiger partial charge in [-0.2, -0.15) is 4.99 Å². The van der Waals surface area contributed by atoms with Crippen molar-refractivity contribution in [1.29, 1.82) is 0 Å². The van der Waals surface area contributed by atoms with Crippen LogP contribution in [0.3, 0.4) is 0 Å². The number of thiazole rings is 1. The Hall–Kier alpha value is -1.95. The topological polar surface area (TPSA) is 29.3 Å². The third kappa shape index (κ3) is 4.32. The Morgan fingerprint density at radius 3 is 2.71 bits per heavy atom. The number of aryl methyl sites for hydroxylation is 1. The molecule has 0 aliphatic heterocycles. The van der Waals surface area contributed by atoms with Gasteiger partial charge in [-0.15, -0.1) is 11.3 Å². The second-order valence-corrected chi connectivity index (χ2v) is 6.98. The van der Waals surface area contributed by atoms with Gasteiger partial charge in [0, 0.05) is 22.3 Å². The van der Waals surface area contributed by atoms with Gasteiger partial charge in [0.05, 0.1) is 6.54 Å². The molecule has 1 N–H and O–H groups in total. The van der Waals surface area contributed by atoms with Crippen molar-refractivity contribution in [3.63, 3.8) is 0 Å². The van der Waals surface area contributed by atoms with E-state index in [0.29, 0.717) is 11.7 Å². The zero-order valence-electron chi connectivity index (χ0n) is 13.1. The van der Waals surface area contributed by atoms with E-state index in [-0.39, 0.29) is 0 Å². The highest BCUT2D eigenvalue weighted by Crippen LogP contribution is 2.15. The summed E-state index contributed by atoms with van der Waals surface area (Å²) in [5.41, 5.74) is 3.19. The number of benzene rings is 2. The van der Waals surface area contributed by atoms with Gasteiger partial charge in [0.1, 0.15) is 0 Å². The monoisotopic (exact) mass is 373 g/mol. The fourth-order valence-corrected chi connectivity index (χ4v) is 3.38. The molecule has 2 aromatic carbocycles. The minimum atomic E-state index is 0.439. The van der Waals surface area contributed by atoms with E-state index in [1.807, 2.05) is 64.7 Å². The van der Waals surface area contributed by atoms with Gasteiger partial charge in [-0.05, 0) is 42.9 Å². The molecule has 122 valence electrons. The lowest BCUT2D eigenvalue weighted by Gasteiger charge is -2.06. The molecule has 0 bridgehead atoms. The molecule has 0 aliphatic rings. The molecule has 0 unspecified atom stereocenters. The van der Waals surface area contributed by atoms with Crippen molar-refractivity contribution >= 4 is 46.0 Å². The molecule has 3 nitrogen and oxygen atoms in total. The largest absolute Gasteiger partial charge is 0.331 e. The standard InChI is InChI=1S/C18H16ClN3S2/c1-13-6-8-15(9-7-13)20-17(23)21-18-22(10-11-24-18)12-14-4-2-3-5-16(14)19/h2-11H,12H2,1H3,(H,20,23)/b21-18-. The molecular formula is C18H16ClN3S2. The fourth-order valence-electron chi connectivity index (χ4n) is 2.19. The van der Waals surface area contributed by atoms with Crippen LogP contribution in [0.2, 0.25) is 5.02 Å². The molecule has 1 heterocycles. The van der Waals surface area contributed by atoms with Crippen molar-refractivity contribution in [2.75, 3.05) is 5.32 Å². The van der Waals surface area contributed by atoms with Crippen molar-refractivity contribution < 1.29 is 0 Å². The number of rotatable bonds is 3. The number of anilines is 1. The van der Waals surface area contributed by atoms with Gasteiger partial charge >= 0.3 is 0 Å². The number of aromatic nitrogens is 1. The quantitative estimate of drug-likeness (QED) is 0.664. The maximum Gasteiger partial charge on any atom is 0.199 e. The normalized spacial score (nSPS) is 11.5. The number of hydrogen-bond acceptors (Lipinski definition) is 2. The van der Waals surface area contributed by atoms with Crippen molar-refractivity contribution in [3.05, 3.63) is 81.1 Å². The lowest BCUT2D eigenvalue weighted by atomic mass is 10.2. The zero-order chi connectivity index (χ0) is 16.9. The van der Waals surface area contributed by atoms with E-state index in [0.717, 1.165) is 21.1 Å². The second-order valence-electron chi connectivity index (χ2n) is 5.31. The first-order chi connectivity index (χ1) is 11.6. The minimum Gasteiger partial charge on any atom is -0.331 e. The van der Waals surface area contributed by atoms with E-state index in [2.05, 4.69) is 17.2 Å². The second kappa shape index (κ2) is 7.75. The Kier molecular flexibility index (Phi) is 5.45. The number of nitrogens with zero attached hydrogens (tertiary/aromatic N) is 2. The third-order valence-corrected chi connectivity index (χ3v) is 4.81. The SMILES string of the molecule is Cc1ccc(NC(=S)/N=c2\sccn2Cc2ccccc2Cl)cc1. The Morgan fingerprint density at radius 1 is 1.21 bits per heavy atom.